The van der Waals surface area contributed by atoms with Crippen molar-refractivity contribution in [3.63, 3.8) is 0 Å². The fourth-order valence-corrected chi connectivity index (χ4v) is 3.25. The van der Waals surface area contributed by atoms with Gasteiger partial charge in [0.15, 0.2) is 0 Å². The molecule has 3 heteroatoms. The largest absolute Gasteiger partial charge is 0.459 e. The first-order valence-corrected chi connectivity index (χ1v) is 4.98. The van der Waals surface area contributed by atoms with Crippen LogP contribution in [0.5, 0.6) is 0 Å². The zero-order valence-corrected chi connectivity index (χ0v) is 7.95. The molecule has 3 fully saturated rings. The van der Waals surface area contributed by atoms with E-state index in [1.54, 1.807) is 0 Å². The molecule has 0 N–H and O–H groups in total. The van der Waals surface area contributed by atoms with Crippen LogP contribution in [-0.2, 0) is 14.3 Å². The molecule has 0 aromatic carbocycles. The van der Waals surface area contributed by atoms with E-state index in [-0.39, 0.29) is 29.7 Å². The summed E-state index contributed by atoms with van der Waals surface area (Å²) in [6.07, 6.45) is 2.57. The third-order valence-corrected chi connectivity index (χ3v) is 3.71. The Hall–Kier alpha value is -0.570. The molecule has 0 saturated carbocycles. The number of esters is 1. The quantitative estimate of drug-likeness (QED) is 0.526. The highest BCUT2D eigenvalue weighted by Gasteiger charge is 2.63. The number of carbonyl (C=O) groups is 1. The number of carbonyl (C=O) groups excluding carboxylic acids is 1. The Labute approximate surface area is 77.4 Å². The molecule has 3 heterocycles. The third kappa shape index (κ3) is 0.810. The summed E-state index contributed by atoms with van der Waals surface area (Å²) in [5, 5.41) is 0. The Kier molecular flexibility index (Phi) is 1.25. The van der Waals surface area contributed by atoms with Crippen molar-refractivity contribution in [2.24, 2.45) is 11.8 Å². The van der Waals surface area contributed by atoms with E-state index in [0.29, 0.717) is 5.92 Å². The molecule has 4 unspecified atom stereocenters. The van der Waals surface area contributed by atoms with Crippen LogP contribution < -0.4 is 0 Å². The summed E-state index contributed by atoms with van der Waals surface area (Å²) in [4.78, 5) is 11.6. The molecular weight excluding hydrogens is 168 g/mol. The van der Waals surface area contributed by atoms with Gasteiger partial charge in [0.2, 0.25) is 0 Å². The zero-order valence-electron chi connectivity index (χ0n) is 7.95. The fourth-order valence-electron chi connectivity index (χ4n) is 3.25. The highest BCUT2D eigenvalue weighted by Crippen LogP contribution is 2.53. The second-order valence-corrected chi connectivity index (χ2v) is 4.87. The van der Waals surface area contributed by atoms with Crippen LogP contribution in [0.3, 0.4) is 0 Å². The molecule has 3 aliphatic rings. The lowest BCUT2D eigenvalue weighted by Crippen LogP contribution is -2.37. The molecule has 3 aliphatic heterocycles. The SMILES string of the molecule is CC1(C)OC(=O)C2C3CCC(O3)C21. The van der Waals surface area contributed by atoms with Gasteiger partial charge in [0.05, 0.1) is 18.1 Å². The average Bonchev–Trinajstić information content (AvgIpc) is 2.63. The van der Waals surface area contributed by atoms with Gasteiger partial charge in [-0.2, -0.15) is 0 Å². The van der Waals surface area contributed by atoms with Crippen LogP contribution in [0.2, 0.25) is 0 Å². The van der Waals surface area contributed by atoms with E-state index in [1.807, 2.05) is 13.8 Å². The topological polar surface area (TPSA) is 35.5 Å². The van der Waals surface area contributed by atoms with Crippen molar-refractivity contribution in [2.45, 2.75) is 44.5 Å². The van der Waals surface area contributed by atoms with Gasteiger partial charge >= 0.3 is 5.97 Å². The van der Waals surface area contributed by atoms with Gasteiger partial charge in [0, 0.05) is 5.92 Å². The Morgan fingerprint density at radius 1 is 1.31 bits per heavy atom. The number of hydrogen-bond donors (Lipinski definition) is 0. The molecule has 0 aromatic heterocycles. The minimum Gasteiger partial charge on any atom is -0.459 e. The van der Waals surface area contributed by atoms with Crippen LogP contribution in [0, 0.1) is 11.8 Å². The lowest BCUT2D eigenvalue weighted by molar-refractivity contribution is -0.152. The van der Waals surface area contributed by atoms with Crippen LogP contribution in [-0.4, -0.2) is 23.8 Å². The number of fused-ring (bicyclic) bond motifs is 5. The summed E-state index contributed by atoms with van der Waals surface area (Å²) in [5.74, 6) is 0.301. The van der Waals surface area contributed by atoms with Crippen LogP contribution in [0.4, 0.5) is 0 Å². The van der Waals surface area contributed by atoms with Crippen molar-refractivity contribution in [1.82, 2.24) is 0 Å². The highest BCUT2D eigenvalue weighted by atomic mass is 16.6. The van der Waals surface area contributed by atoms with Gasteiger partial charge in [0.1, 0.15) is 5.60 Å². The first-order chi connectivity index (χ1) is 6.09. The maximum absolute atomic E-state index is 11.6. The van der Waals surface area contributed by atoms with E-state index < -0.39 is 0 Å². The number of cyclic esters (lactones) is 1. The summed E-state index contributed by atoms with van der Waals surface area (Å²) in [6, 6.07) is 0. The summed E-state index contributed by atoms with van der Waals surface area (Å²) in [5.41, 5.74) is -0.304. The Morgan fingerprint density at radius 2 is 2.00 bits per heavy atom. The minimum atomic E-state index is -0.304. The molecule has 0 aromatic rings. The van der Waals surface area contributed by atoms with Gasteiger partial charge in [-0.25, -0.2) is 0 Å². The van der Waals surface area contributed by atoms with Gasteiger partial charge < -0.3 is 9.47 Å². The van der Waals surface area contributed by atoms with E-state index >= 15 is 0 Å². The number of hydrogen-bond acceptors (Lipinski definition) is 3. The smallest absolute Gasteiger partial charge is 0.312 e. The Bertz CT molecular complexity index is 271. The monoisotopic (exact) mass is 182 g/mol. The first kappa shape index (κ1) is 7.80. The number of ether oxygens (including phenoxy) is 2. The third-order valence-electron chi connectivity index (χ3n) is 3.71. The minimum absolute atomic E-state index is 0.0359. The van der Waals surface area contributed by atoms with Gasteiger partial charge in [-0.05, 0) is 26.7 Å². The molecule has 2 bridgehead atoms. The molecule has 3 rings (SSSR count). The van der Waals surface area contributed by atoms with Crippen LogP contribution in [0.15, 0.2) is 0 Å². The van der Waals surface area contributed by atoms with E-state index in [2.05, 4.69) is 0 Å². The molecule has 13 heavy (non-hydrogen) atoms. The molecule has 3 saturated heterocycles. The van der Waals surface area contributed by atoms with Crippen molar-refractivity contribution >= 4 is 5.97 Å². The lowest BCUT2D eigenvalue weighted by atomic mass is 9.74. The van der Waals surface area contributed by atoms with Gasteiger partial charge in [-0.15, -0.1) is 0 Å². The summed E-state index contributed by atoms with van der Waals surface area (Å²) in [6.45, 7) is 4.00. The van der Waals surface area contributed by atoms with Crippen LogP contribution >= 0.6 is 0 Å². The van der Waals surface area contributed by atoms with E-state index in [0.717, 1.165) is 12.8 Å². The molecule has 0 amide bonds. The lowest BCUT2D eigenvalue weighted by Gasteiger charge is -2.28. The van der Waals surface area contributed by atoms with E-state index in [1.165, 1.54) is 0 Å². The molecule has 3 nitrogen and oxygen atoms in total. The van der Waals surface area contributed by atoms with Crippen molar-refractivity contribution in [2.75, 3.05) is 0 Å². The normalized spacial score (nSPS) is 50.8. The van der Waals surface area contributed by atoms with Crippen molar-refractivity contribution in [3.8, 4) is 0 Å². The second-order valence-electron chi connectivity index (χ2n) is 4.87. The van der Waals surface area contributed by atoms with Gasteiger partial charge in [0.25, 0.3) is 0 Å². The van der Waals surface area contributed by atoms with Crippen molar-refractivity contribution in [3.05, 3.63) is 0 Å². The molecule has 0 radical (unpaired) electrons. The van der Waals surface area contributed by atoms with Crippen LogP contribution in [0.25, 0.3) is 0 Å². The summed E-state index contributed by atoms with van der Waals surface area (Å²) in [7, 11) is 0. The summed E-state index contributed by atoms with van der Waals surface area (Å²) >= 11 is 0. The Morgan fingerprint density at radius 3 is 2.69 bits per heavy atom. The number of rotatable bonds is 0. The highest BCUT2D eigenvalue weighted by molar-refractivity contribution is 5.77. The molecule has 0 spiro atoms. The van der Waals surface area contributed by atoms with Crippen molar-refractivity contribution in [1.29, 1.82) is 0 Å². The van der Waals surface area contributed by atoms with Gasteiger partial charge in [-0.3, -0.25) is 4.79 Å². The van der Waals surface area contributed by atoms with Crippen LogP contribution in [0.1, 0.15) is 26.7 Å². The van der Waals surface area contributed by atoms with E-state index in [4.69, 9.17) is 9.47 Å². The molecule has 0 aliphatic carbocycles. The maximum atomic E-state index is 11.6. The first-order valence-electron chi connectivity index (χ1n) is 4.98. The van der Waals surface area contributed by atoms with E-state index in [9.17, 15) is 4.79 Å². The summed E-state index contributed by atoms with van der Waals surface area (Å²) < 4.78 is 11.1. The fraction of sp³-hybridized carbons (Fsp3) is 0.900. The zero-order chi connectivity index (χ0) is 9.22. The average molecular weight is 182 g/mol. The predicted octanol–water partition coefficient (Wildman–Crippen LogP) is 1.12. The second kappa shape index (κ2) is 2.08. The maximum Gasteiger partial charge on any atom is 0.312 e. The standard InChI is InChI=1S/C10H14O3/c1-10(2)8-6-4-3-5(12-6)7(8)9(11)13-10/h5-8H,3-4H2,1-2H3. The Balaban J connectivity index is 2.02. The predicted molar refractivity (Wildman–Crippen MR) is 45.0 cm³/mol. The molecule has 72 valence electrons. The molecular formula is C10H14O3. The van der Waals surface area contributed by atoms with Crippen molar-refractivity contribution < 1.29 is 14.3 Å². The van der Waals surface area contributed by atoms with Gasteiger partial charge in [-0.1, -0.05) is 0 Å². The molecule has 4 atom stereocenters.